The molecule has 34 heavy (non-hydrogen) atoms. The molecule has 3 heterocycles. The molecule has 1 aliphatic rings. The van der Waals surface area contributed by atoms with Gasteiger partial charge >= 0.3 is 0 Å². The molecule has 0 aliphatic carbocycles. The number of aryl methyl sites for hydroxylation is 2. The molecular weight excluding hydrogens is 704 g/mol. The van der Waals surface area contributed by atoms with E-state index in [0.717, 1.165) is 38.9 Å². The van der Waals surface area contributed by atoms with Gasteiger partial charge in [0.1, 0.15) is 13.1 Å². The van der Waals surface area contributed by atoms with E-state index in [9.17, 15) is 0 Å². The molecule has 1 aliphatic heterocycles. The minimum atomic E-state index is 0. The summed E-state index contributed by atoms with van der Waals surface area (Å²) < 4.78 is 4.90. The lowest BCUT2D eigenvalue weighted by Crippen LogP contribution is -3.00. The van der Waals surface area contributed by atoms with Gasteiger partial charge in [0.25, 0.3) is 10.0 Å². The second-order valence-corrected chi connectivity index (χ2v) is 10.8. The van der Waals surface area contributed by atoms with Crippen LogP contribution >= 0.6 is 34.4 Å². The molecule has 0 radical (unpaired) electrons. The third-order valence-corrected chi connectivity index (χ3v) is 8.75. The van der Waals surface area contributed by atoms with Crippen LogP contribution in [0.2, 0.25) is 0 Å². The highest BCUT2D eigenvalue weighted by Crippen LogP contribution is 2.34. The Hall–Kier alpha value is -0.170. The van der Waals surface area contributed by atoms with Gasteiger partial charge in [0.2, 0.25) is 0 Å². The molecule has 0 aromatic carbocycles. The normalized spacial score (nSPS) is 15.1. The predicted octanol–water partition coefficient (Wildman–Crippen LogP) is 1.09. The third-order valence-electron chi connectivity index (χ3n) is 5.50. The van der Waals surface area contributed by atoms with E-state index < -0.39 is 0 Å². The van der Waals surface area contributed by atoms with E-state index in [4.69, 9.17) is 0 Å². The van der Waals surface area contributed by atoms with Crippen molar-refractivity contribution in [2.45, 2.75) is 73.9 Å². The van der Waals surface area contributed by atoms with Crippen molar-refractivity contribution in [1.82, 2.24) is 4.90 Å². The molecule has 0 N–H and O–H groups in total. The summed E-state index contributed by atoms with van der Waals surface area (Å²) in [4.78, 5) is 2.43. The largest absolute Gasteiger partial charge is 1.00 e. The minimum Gasteiger partial charge on any atom is -1.00 e. The lowest BCUT2D eigenvalue weighted by atomic mass is 10.2. The number of thioether (sulfide) groups is 1. The van der Waals surface area contributed by atoms with Crippen LogP contribution in [0.25, 0.3) is 11.6 Å². The van der Waals surface area contributed by atoms with Crippen LogP contribution in [0.5, 0.6) is 0 Å². The Morgan fingerprint density at radius 2 is 1.56 bits per heavy atom. The van der Waals surface area contributed by atoms with Gasteiger partial charge in [-0.1, -0.05) is 55.2 Å². The molecule has 0 spiro atoms. The van der Waals surface area contributed by atoms with Crippen LogP contribution < -0.4 is 57.1 Å². The van der Waals surface area contributed by atoms with Crippen molar-refractivity contribution in [2.75, 3.05) is 6.54 Å². The molecule has 0 saturated carbocycles. The van der Waals surface area contributed by atoms with Gasteiger partial charge in [-0.05, 0) is 37.0 Å². The monoisotopic (exact) mass is 741 g/mol. The van der Waals surface area contributed by atoms with E-state index in [2.05, 4.69) is 96.0 Å². The van der Waals surface area contributed by atoms with Crippen molar-refractivity contribution in [2.24, 2.45) is 0 Å². The summed E-state index contributed by atoms with van der Waals surface area (Å²) in [5.41, 5.74) is 5.31. The molecule has 2 aromatic rings. The maximum Gasteiger partial charge on any atom is 0.269 e. The van der Waals surface area contributed by atoms with Crippen LogP contribution in [-0.4, -0.2) is 11.4 Å². The number of rotatable bonds is 10. The number of nitrogens with zero attached hydrogens (tertiary/aromatic N) is 3. The second kappa shape index (κ2) is 15.8. The molecule has 0 saturated heterocycles. The standard InChI is InChI=1S/C26H37N3S3.2HI/c1-7-14-27-20(4)17-30-24(27)12-10-23(26-29(16-9-3)22(6)19-32-26)11-13-25-28(15-8-2)21(5)18-31-25;;/h10-13,17-19H,7-9,14-16H2,1-6H3;2*1H/q+2;;/p-2. The first-order chi connectivity index (χ1) is 15.5. The zero-order valence-corrected chi connectivity index (χ0v) is 27.9. The zero-order valence-electron chi connectivity index (χ0n) is 21.1. The molecule has 0 fully saturated rings. The summed E-state index contributed by atoms with van der Waals surface area (Å²) in [6.07, 6.45) is 12.7. The summed E-state index contributed by atoms with van der Waals surface area (Å²) in [6, 6.07) is 0. The first-order valence-electron chi connectivity index (χ1n) is 11.7. The first-order valence-corrected chi connectivity index (χ1v) is 14.3. The van der Waals surface area contributed by atoms with E-state index in [-0.39, 0.29) is 48.0 Å². The summed E-state index contributed by atoms with van der Waals surface area (Å²) in [7, 11) is 0. The van der Waals surface area contributed by atoms with Crippen LogP contribution in [0, 0.1) is 13.8 Å². The minimum absolute atomic E-state index is 0. The molecule has 0 bridgehead atoms. The van der Waals surface area contributed by atoms with Gasteiger partial charge in [-0.25, -0.2) is 0 Å². The molecule has 188 valence electrons. The fraction of sp³-hybridized carbons (Fsp3) is 0.462. The van der Waals surface area contributed by atoms with E-state index >= 15 is 0 Å². The fourth-order valence-corrected chi connectivity index (χ4v) is 6.75. The molecule has 2 aromatic heterocycles. The summed E-state index contributed by atoms with van der Waals surface area (Å²) in [5, 5.41) is 10.8. The van der Waals surface area contributed by atoms with Crippen LogP contribution in [0.4, 0.5) is 0 Å². The number of allylic oxidation sites excluding steroid dienone is 5. The Labute approximate surface area is 252 Å². The van der Waals surface area contributed by atoms with Gasteiger partial charge in [-0.2, -0.15) is 9.13 Å². The molecule has 8 heteroatoms. The zero-order chi connectivity index (χ0) is 23.1. The van der Waals surface area contributed by atoms with Gasteiger partial charge in [-0.15, -0.1) is 0 Å². The van der Waals surface area contributed by atoms with Gasteiger partial charge < -0.3 is 52.9 Å². The highest BCUT2D eigenvalue weighted by Gasteiger charge is 2.21. The van der Waals surface area contributed by atoms with Gasteiger partial charge in [0.15, 0.2) is 11.4 Å². The SMILES string of the molecule is CCCN1C(C)=CS\C1=C/C=C(\C=C\c1scc(C)[n+]1CCC)c1scc(C)[n+]1CCC.[I-].[I-]. The van der Waals surface area contributed by atoms with Crippen molar-refractivity contribution in [3.63, 3.8) is 0 Å². The van der Waals surface area contributed by atoms with Crippen LogP contribution in [0.15, 0.2) is 45.1 Å². The number of hydrogen-bond donors (Lipinski definition) is 0. The predicted molar refractivity (Wildman–Crippen MR) is 143 cm³/mol. The molecule has 0 amide bonds. The summed E-state index contributed by atoms with van der Waals surface area (Å²) >= 11 is 5.52. The van der Waals surface area contributed by atoms with Gasteiger partial charge in [0.05, 0.1) is 21.4 Å². The maximum atomic E-state index is 2.47. The average Bonchev–Trinajstić information content (AvgIpc) is 3.43. The maximum absolute atomic E-state index is 2.47. The van der Waals surface area contributed by atoms with Crippen molar-refractivity contribution >= 4 is 46.1 Å². The highest BCUT2D eigenvalue weighted by molar-refractivity contribution is 8.06. The third kappa shape index (κ3) is 7.91. The Morgan fingerprint density at radius 1 is 0.912 bits per heavy atom. The quantitative estimate of drug-likeness (QED) is 0.206. The van der Waals surface area contributed by atoms with E-state index in [1.54, 1.807) is 0 Å². The molecule has 0 unspecified atom stereocenters. The number of thiazole rings is 2. The Bertz CT molecular complexity index is 1050. The van der Waals surface area contributed by atoms with Gasteiger partial charge in [-0.3, -0.25) is 0 Å². The number of halogens is 2. The Balaban J connectivity index is 0.00000289. The molecule has 3 nitrogen and oxygen atoms in total. The number of hydrogen-bond acceptors (Lipinski definition) is 4. The van der Waals surface area contributed by atoms with E-state index in [1.807, 2.05) is 34.4 Å². The molecule has 3 rings (SSSR count). The lowest BCUT2D eigenvalue weighted by Gasteiger charge is -2.20. The average molecular weight is 742 g/mol. The summed E-state index contributed by atoms with van der Waals surface area (Å²) in [6.45, 7) is 16.6. The Kier molecular flexibility index (Phi) is 14.8. The van der Waals surface area contributed by atoms with Crippen molar-refractivity contribution < 1.29 is 57.1 Å². The number of aromatic nitrogens is 2. The lowest BCUT2D eigenvalue weighted by molar-refractivity contribution is -0.699. The highest BCUT2D eigenvalue weighted by atomic mass is 127. The molecule has 0 atom stereocenters. The van der Waals surface area contributed by atoms with Gasteiger partial charge in [0, 0.05) is 45.0 Å². The Morgan fingerprint density at radius 3 is 2.24 bits per heavy atom. The van der Waals surface area contributed by atoms with Crippen molar-refractivity contribution in [3.8, 4) is 0 Å². The van der Waals surface area contributed by atoms with Crippen molar-refractivity contribution in [3.05, 3.63) is 66.5 Å². The van der Waals surface area contributed by atoms with Crippen molar-refractivity contribution in [1.29, 1.82) is 0 Å². The van der Waals surface area contributed by atoms with E-state index in [0.29, 0.717) is 0 Å². The topological polar surface area (TPSA) is 11.0 Å². The smallest absolute Gasteiger partial charge is 0.269 e. The molecular formula is C26H37I2N3S3. The second-order valence-electron chi connectivity index (χ2n) is 8.19. The summed E-state index contributed by atoms with van der Waals surface area (Å²) in [5.74, 6) is 0. The van der Waals surface area contributed by atoms with E-state index in [1.165, 1.54) is 37.7 Å². The first kappa shape index (κ1) is 31.9. The fourth-order valence-electron chi connectivity index (χ4n) is 3.85. The van der Waals surface area contributed by atoms with Crippen LogP contribution in [-0.2, 0) is 13.1 Å². The van der Waals surface area contributed by atoms with Crippen LogP contribution in [0.3, 0.4) is 0 Å². The van der Waals surface area contributed by atoms with Crippen LogP contribution in [0.1, 0.15) is 68.4 Å².